The van der Waals surface area contributed by atoms with Gasteiger partial charge in [-0.05, 0) is 25.0 Å². The molecule has 0 spiro atoms. The van der Waals surface area contributed by atoms with E-state index in [0.717, 1.165) is 34.4 Å². The second-order valence-corrected chi connectivity index (χ2v) is 4.97. The average Bonchev–Trinajstić information content (AvgIpc) is 2.70. The lowest BCUT2D eigenvalue weighted by Crippen LogP contribution is -1.94. The number of nitrogens with two attached hydrogens (primary N) is 1. The molecule has 2 N–H and O–H groups in total. The van der Waals surface area contributed by atoms with Crippen LogP contribution in [0.15, 0.2) is 6.07 Å². The zero-order valence-corrected chi connectivity index (χ0v) is 10.6. The smallest absolute Gasteiger partial charge is 0.168 e. The minimum absolute atomic E-state index is 0.826. The predicted molar refractivity (Wildman–Crippen MR) is 67.5 cm³/mol. The number of hydrogen-bond donors (Lipinski definition) is 1. The Balaban J connectivity index is 2.43. The van der Waals surface area contributed by atoms with E-state index in [1.165, 1.54) is 5.56 Å². The van der Waals surface area contributed by atoms with Crippen molar-refractivity contribution in [1.29, 1.82) is 0 Å². The van der Waals surface area contributed by atoms with Crippen LogP contribution >= 0.6 is 11.3 Å². The van der Waals surface area contributed by atoms with E-state index in [-0.39, 0.29) is 0 Å². The molecule has 0 fully saturated rings. The number of nitrogens with zero attached hydrogens (tertiary/aromatic N) is 3. The number of thiophene rings is 1. The lowest BCUT2D eigenvalue weighted by Gasteiger charge is -1.96. The van der Waals surface area contributed by atoms with Crippen molar-refractivity contribution in [3.05, 3.63) is 17.5 Å². The highest BCUT2D eigenvalue weighted by atomic mass is 32.1. The van der Waals surface area contributed by atoms with Gasteiger partial charge in [-0.2, -0.15) is 5.10 Å². The van der Waals surface area contributed by atoms with Gasteiger partial charge in [-0.3, -0.25) is 0 Å². The molecule has 0 amide bonds. The Kier molecular flexibility index (Phi) is 2.96. The van der Waals surface area contributed by atoms with Gasteiger partial charge in [0, 0.05) is 13.5 Å². The summed E-state index contributed by atoms with van der Waals surface area (Å²) < 4.78 is 1.84. The first kappa shape index (κ1) is 11.1. The molecule has 0 aliphatic carbocycles. The van der Waals surface area contributed by atoms with E-state index in [1.807, 2.05) is 17.8 Å². The number of aromatic nitrogens is 3. The van der Waals surface area contributed by atoms with Gasteiger partial charge < -0.3 is 5.73 Å². The molecule has 5 heteroatoms. The quantitative estimate of drug-likeness (QED) is 0.890. The van der Waals surface area contributed by atoms with Crippen LogP contribution in [0.2, 0.25) is 0 Å². The van der Waals surface area contributed by atoms with Gasteiger partial charge in [-0.25, -0.2) is 9.67 Å². The molecule has 16 heavy (non-hydrogen) atoms. The summed E-state index contributed by atoms with van der Waals surface area (Å²) in [5.41, 5.74) is 6.96. The van der Waals surface area contributed by atoms with Crippen molar-refractivity contribution in [2.45, 2.75) is 26.7 Å². The van der Waals surface area contributed by atoms with E-state index in [1.54, 1.807) is 11.3 Å². The summed E-state index contributed by atoms with van der Waals surface area (Å²) in [6.45, 7) is 4.18. The van der Waals surface area contributed by atoms with Crippen molar-refractivity contribution < 1.29 is 0 Å². The van der Waals surface area contributed by atoms with Gasteiger partial charge in [0.1, 0.15) is 0 Å². The molecule has 0 radical (unpaired) electrons. The zero-order chi connectivity index (χ0) is 11.7. The third-order valence-electron chi connectivity index (χ3n) is 2.42. The molecule has 0 unspecified atom stereocenters. The number of rotatable bonds is 3. The third kappa shape index (κ3) is 1.95. The molecular formula is C11H16N4S. The SMILES string of the molecule is CCCc1nc(-c2sc(N)cc2C)n(C)n1. The van der Waals surface area contributed by atoms with E-state index in [2.05, 4.69) is 23.9 Å². The fourth-order valence-electron chi connectivity index (χ4n) is 1.69. The van der Waals surface area contributed by atoms with Crippen molar-refractivity contribution in [3.63, 3.8) is 0 Å². The monoisotopic (exact) mass is 236 g/mol. The summed E-state index contributed by atoms with van der Waals surface area (Å²) in [5.74, 6) is 1.83. The largest absolute Gasteiger partial charge is 0.391 e. The Labute approximate surface area is 99.1 Å². The van der Waals surface area contributed by atoms with Gasteiger partial charge in [0.15, 0.2) is 11.6 Å². The second kappa shape index (κ2) is 4.25. The van der Waals surface area contributed by atoms with Crippen molar-refractivity contribution in [1.82, 2.24) is 14.8 Å². The molecular weight excluding hydrogens is 220 g/mol. The Morgan fingerprint density at radius 3 is 2.81 bits per heavy atom. The fraction of sp³-hybridized carbons (Fsp3) is 0.455. The van der Waals surface area contributed by atoms with Crippen LogP contribution in [0.1, 0.15) is 24.7 Å². The van der Waals surface area contributed by atoms with Crippen LogP contribution in [-0.2, 0) is 13.5 Å². The van der Waals surface area contributed by atoms with E-state index in [4.69, 9.17) is 5.73 Å². The predicted octanol–water partition coefficient (Wildman–Crippen LogP) is 2.39. The van der Waals surface area contributed by atoms with Gasteiger partial charge in [0.25, 0.3) is 0 Å². The first-order valence-electron chi connectivity index (χ1n) is 5.38. The van der Waals surface area contributed by atoms with Crippen LogP contribution in [0.4, 0.5) is 5.00 Å². The maximum atomic E-state index is 5.79. The first-order valence-corrected chi connectivity index (χ1v) is 6.19. The minimum atomic E-state index is 0.826. The maximum Gasteiger partial charge on any atom is 0.168 e. The molecule has 0 aliphatic heterocycles. The summed E-state index contributed by atoms with van der Waals surface area (Å²) in [6.07, 6.45) is 1.99. The number of aryl methyl sites for hydroxylation is 3. The standard InChI is InChI=1S/C11H16N4S/c1-4-5-9-13-11(15(3)14-9)10-7(2)6-8(12)16-10/h6H,4-5,12H2,1-3H3. The number of nitrogen functional groups attached to an aromatic ring is 1. The van der Waals surface area contributed by atoms with E-state index < -0.39 is 0 Å². The first-order chi connectivity index (χ1) is 7.61. The highest BCUT2D eigenvalue weighted by Gasteiger charge is 2.13. The number of anilines is 1. The fourth-order valence-corrected chi connectivity index (χ4v) is 2.65. The lowest BCUT2D eigenvalue weighted by atomic mass is 10.3. The van der Waals surface area contributed by atoms with E-state index in [0.29, 0.717) is 0 Å². The Morgan fingerprint density at radius 1 is 1.50 bits per heavy atom. The molecule has 0 bridgehead atoms. The minimum Gasteiger partial charge on any atom is -0.391 e. The van der Waals surface area contributed by atoms with Crippen LogP contribution < -0.4 is 5.73 Å². The summed E-state index contributed by atoms with van der Waals surface area (Å²) in [7, 11) is 1.93. The van der Waals surface area contributed by atoms with Crippen molar-refractivity contribution >= 4 is 16.3 Å². The lowest BCUT2D eigenvalue weighted by molar-refractivity contribution is 0.738. The molecule has 2 aromatic rings. The molecule has 2 aromatic heterocycles. The van der Waals surface area contributed by atoms with Gasteiger partial charge in [0.05, 0.1) is 9.88 Å². The summed E-state index contributed by atoms with van der Waals surface area (Å²) in [4.78, 5) is 5.67. The van der Waals surface area contributed by atoms with Crippen LogP contribution in [0.3, 0.4) is 0 Å². The summed E-state index contributed by atoms with van der Waals surface area (Å²) in [5, 5.41) is 5.22. The second-order valence-electron chi connectivity index (χ2n) is 3.89. The maximum absolute atomic E-state index is 5.79. The highest BCUT2D eigenvalue weighted by Crippen LogP contribution is 2.32. The molecule has 2 rings (SSSR count). The van der Waals surface area contributed by atoms with Crippen molar-refractivity contribution in [2.75, 3.05) is 5.73 Å². The third-order valence-corrected chi connectivity index (χ3v) is 3.48. The van der Waals surface area contributed by atoms with Crippen molar-refractivity contribution in [3.8, 4) is 10.7 Å². The van der Waals surface area contributed by atoms with Crippen molar-refractivity contribution in [2.24, 2.45) is 7.05 Å². The highest BCUT2D eigenvalue weighted by molar-refractivity contribution is 7.19. The van der Waals surface area contributed by atoms with Crippen LogP contribution in [0, 0.1) is 6.92 Å². The van der Waals surface area contributed by atoms with Gasteiger partial charge >= 0.3 is 0 Å². The molecule has 0 atom stereocenters. The topological polar surface area (TPSA) is 56.7 Å². The molecule has 0 saturated carbocycles. The van der Waals surface area contributed by atoms with Gasteiger partial charge in [0.2, 0.25) is 0 Å². The molecule has 2 heterocycles. The summed E-state index contributed by atoms with van der Waals surface area (Å²) in [6, 6.07) is 1.98. The average molecular weight is 236 g/mol. The zero-order valence-electron chi connectivity index (χ0n) is 9.82. The van der Waals surface area contributed by atoms with Crippen LogP contribution in [0.25, 0.3) is 10.7 Å². The van der Waals surface area contributed by atoms with Gasteiger partial charge in [-0.15, -0.1) is 11.3 Å². The summed E-state index contributed by atoms with van der Waals surface area (Å²) >= 11 is 1.57. The van der Waals surface area contributed by atoms with Crippen LogP contribution in [-0.4, -0.2) is 14.8 Å². The Morgan fingerprint density at radius 2 is 2.25 bits per heavy atom. The normalized spacial score (nSPS) is 10.9. The molecule has 0 aliphatic rings. The van der Waals surface area contributed by atoms with E-state index >= 15 is 0 Å². The van der Waals surface area contributed by atoms with Gasteiger partial charge in [-0.1, -0.05) is 6.92 Å². The van der Waals surface area contributed by atoms with E-state index in [9.17, 15) is 0 Å². The molecule has 0 aromatic carbocycles. The molecule has 86 valence electrons. The van der Waals surface area contributed by atoms with Crippen LogP contribution in [0.5, 0.6) is 0 Å². The Hall–Kier alpha value is -1.36. The Bertz CT molecular complexity index is 498. The molecule has 0 saturated heterocycles. The molecule has 4 nitrogen and oxygen atoms in total. The number of hydrogen-bond acceptors (Lipinski definition) is 4.